The van der Waals surface area contributed by atoms with Crippen molar-refractivity contribution in [3.63, 3.8) is 0 Å². The molecule has 0 saturated carbocycles. The van der Waals surface area contributed by atoms with Crippen LogP contribution < -0.4 is 14.2 Å². The average Bonchev–Trinajstić information content (AvgIpc) is 3.19. The van der Waals surface area contributed by atoms with Crippen molar-refractivity contribution < 1.29 is 28.2 Å². The summed E-state index contributed by atoms with van der Waals surface area (Å²) in [6.07, 6.45) is 1.64. The number of thioether (sulfide) groups is 1. The van der Waals surface area contributed by atoms with Gasteiger partial charge in [0.1, 0.15) is 24.8 Å². The van der Waals surface area contributed by atoms with Gasteiger partial charge >= 0.3 is 0 Å². The first-order valence-corrected chi connectivity index (χ1v) is 13.6. The summed E-state index contributed by atoms with van der Waals surface area (Å²) < 4.78 is 31.4. The van der Waals surface area contributed by atoms with Gasteiger partial charge in [-0.1, -0.05) is 48.5 Å². The molecule has 4 aromatic carbocycles. The van der Waals surface area contributed by atoms with E-state index in [-0.39, 0.29) is 36.7 Å². The quantitative estimate of drug-likeness (QED) is 0.184. The Labute approximate surface area is 237 Å². The molecule has 0 spiro atoms. The second-order valence-corrected chi connectivity index (χ2v) is 10.5. The third kappa shape index (κ3) is 6.10. The summed E-state index contributed by atoms with van der Waals surface area (Å²) >= 11 is 4.37. The summed E-state index contributed by atoms with van der Waals surface area (Å²) in [5, 5.41) is 1.67. The number of nitrogens with zero attached hydrogens (tertiary/aromatic N) is 1. The van der Waals surface area contributed by atoms with E-state index in [0.29, 0.717) is 37.8 Å². The fraction of sp³-hybridized carbons (Fsp3) is 0.133. The van der Waals surface area contributed by atoms with Gasteiger partial charge in [-0.15, -0.1) is 0 Å². The highest BCUT2D eigenvalue weighted by Gasteiger charge is 2.35. The van der Waals surface area contributed by atoms with Crippen LogP contribution >= 0.6 is 27.7 Å². The van der Waals surface area contributed by atoms with E-state index in [1.54, 1.807) is 30.3 Å². The van der Waals surface area contributed by atoms with Gasteiger partial charge in [0.2, 0.25) is 0 Å². The van der Waals surface area contributed by atoms with Crippen LogP contribution in [0, 0.1) is 5.82 Å². The van der Waals surface area contributed by atoms with Crippen molar-refractivity contribution in [2.75, 3.05) is 20.3 Å². The summed E-state index contributed by atoms with van der Waals surface area (Å²) in [7, 11) is 1.50. The molecule has 2 amide bonds. The zero-order chi connectivity index (χ0) is 27.4. The SMILES string of the molecule is COc1cc(/C=C2\SC(=O)N(CCOc3cccc4ccccc34)C2=O)cc(Br)c1OCc1cccc(F)c1. The molecule has 198 valence electrons. The zero-order valence-electron chi connectivity index (χ0n) is 20.9. The van der Waals surface area contributed by atoms with E-state index in [4.69, 9.17) is 14.2 Å². The van der Waals surface area contributed by atoms with E-state index in [1.165, 1.54) is 24.1 Å². The predicted molar refractivity (Wildman–Crippen MR) is 154 cm³/mol. The van der Waals surface area contributed by atoms with Gasteiger partial charge in [0, 0.05) is 5.39 Å². The molecular formula is C30H23BrFNO5S. The number of hydrogen-bond acceptors (Lipinski definition) is 6. The normalized spacial score (nSPS) is 14.3. The first-order valence-electron chi connectivity index (χ1n) is 12.0. The summed E-state index contributed by atoms with van der Waals surface area (Å²) in [6.45, 7) is 0.451. The number of halogens is 2. The molecule has 0 atom stereocenters. The highest BCUT2D eigenvalue weighted by atomic mass is 79.9. The Hall–Kier alpha value is -3.82. The molecule has 0 radical (unpaired) electrons. The van der Waals surface area contributed by atoms with Crippen molar-refractivity contribution in [3.05, 3.63) is 105 Å². The van der Waals surface area contributed by atoms with Gasteiger partial charge in [-0.2, -0.15) is 0 Å². The molecular weight excluding hydrogens is 585 g/mol. The Balaban J connectivity index is 1.26. The minimum Gasteiger partial charge on any atom is -0.493 e. The van der Waals surface area contributed by atoms with E-state index in [9.17, 15) is 14.0 Å². The van der Waals surface area contributed by atoms with Crippen LogP contribution in [0.1, 0.15) is 11.1 Å². The summed E-state index contributed by atoms with van der Waals surface area (Å²) in [5.41, 5.74) is 1.32. The molecule has 0 N–H and O–H groups in total. The number of carbonyl (C=O) groups excluding carboxylic acids is 2. The van der Waals surface area contributed by atoms with E-state index < -0.39 is 0 Å². The number of rotatable bonds is 9. The summed E-state index contributed by atoms with van der Waals surface area (Å²) in [4.78, 5) is 27.1. The molecule has 1 heterocycles. The van der Waals surface area contributed by atoms with Crippen molar-refractivity contribution in [3.8, 4) is 17.2 Å². The number of benzene rings is 4. The molecule has 6 nitrogen and oxygen atoms in total. The highest BCUT2D eigenvalue weighted by molar-refractivity contribution is 9.10. The number of amides is 2. The lowest BCUT2D eigenvalue weighted by atomic mass is 10.1. The molecule has 39 heavy (non-hydrogen) atoms. The third-order valence-electron chi connectivity index (χ3n) is 6.02. The maximum absolute atomic E-state index is 13.5. The van der Waals surface area contributed by atoms with Crippen molar-refractivity contribution in [1.82, 2.24) is 4.90 Å². The molecule has 0 aliphatic carbocycles. The van der Waals surface area contributed by atoms with Gasteiger partial charge in [-0.05, 0) is 80.6 Å². The predicted octanol–water partition coefficient (Wildman–Crippen LogP) is 7.44. The van der Waals surface area contributed by atoms with Crippen molar-refractivity contribution >= 4 is 55.7 Å². The Morgan fingerprint density at radius 1 is 0.949 bits per heavy atom. The third-order valence-corrected chi connectivity index (χ3v) is 7.51. The average molecular weight is 608 g/mol. The largest absolute Gasteiger partial charge is 0.493 e. The molecule has 0 aromatic heterocycles. The van der Waals surface area contributed by atoms with Gasteiger partial charge in [0.05, 0.1) is 23.0 Å². The lowest BCUT2D eigenvalue weighted by Gasteiger charge is -2.14. The molecule has 1 fully saturated rings. The summed E-state index contributed by atoms with van der Waals surface area (Å²) in [5.74, 6) is 0.846. The Morgan fingerprint density at radius 3 is 2.56 bits per heavy atom. The zero-order valence-corrected chi connectivity index (χ0v) is 23.3. The van der Waals surface area contributed by atoms with E-state index >= 15 is 0 Å². The Bertz CT molecular complexity index is 1590. The molecule has 4 aromatic rings. The number of hydrogen-bond donors (Lipinski definition) is 0. The van der Waals surface area contributed by atoms with Gasteiger partial charge in [0.25, 0.3) is 11.1 Å². The minimum absolute atomic E-state index is 0.130. The van der Waals surface area contributed by atoms with Crippen LogP contribution in [0.25, 0.3) is 16.8 Å². The van der Waals surface area contributed by atoms with E-state index in [1.807, 2.05) is 42.5 Å². The van der Waals surface area contributed by atoms with Crippen LogP contribution in [0.2, 0.25) is 0 Å². The maximum Gasteiger partial charge on any atom is 0.293 e. The van der Waals surface area contributed by atoms with Crippen LogP contribution in [0.3, 0.4) is 0 Å². The second kappa shape index (κ2) is 11.9. The number of carbonyl (C=O) groups is 2. The molecule has 5 rings (SSSR count). The number of fused-ring (bicyclic) bond motifs is 1. The lowest BCUT2D eigenvalue weighted by molar-refractivity contribution is -0.123. The molecule has 1 aliphatic heterocycles. The fourth-order valence-corrected chi connectivity index (χ4v) is 5.60. The van der Waals surface area contributed by atoms with Gasteiger partial charge < -0.3 is 14.2 Å². The monoisotopic (exact) mass is 607 g/mol. The number of imide groups is 1. The van der Waals surface area contributed by atoms with Crippen LogP contribution in [-0.2, 0) is 11.4 Å². The van der Waals surface area contributed by atoms with Crippen LogP contribution in [0.5, 0.6) is 17.2 Å². The molecule has 0 unspecified atom stereocenters. The standard InChI is InChI=1S/C30H23BrFNO5S/c1-36-26-16-20(15-24(31)28(26)38-18-19-6-4-9-22(32)14-19)17-27-29(34)33(30(35)39-27)12-13-37-25-11-5-8-21-7-2-3-10-23(21)25/h2-11,14-17H,12-13,18H2,1H3/b27-17-. The number of ether oxygens (including phenoxy) is 3. The molecule has 9 heteroatoms. The first-order chi connectivity index (χ1) is 18.9. The van der Waals surface area contributed by atoms with Crippen LogP contribution in [-0.4, -0.2) is 36.3 Å². The smallest absolute Gasteiger partial charge is 0.293 e. The van der Waals surface area contributed by atoms with Crippen molar-refractivity contribution in [2.45, 2.75) is 6.61 Å². The van der Waals surface area contributed by atoms with Gasteiger partial charge in [-0.3, -0.25) is 14.5 Å². The van der Waals surface area contributed by atoms with Gasteiger partial charge in [-0.25, -0.2) is 4.39 Å². The van der Waals surface area contributed by atoms with Crippen molar-refractivity contribution in [1.29, 1.82) is 0 Å². The number of methoxy groups -OCH3 is 1. The molecule has 1 saturated heterocycles. The van der Waals surface area contributed by atoms with E-state index in [0.717, 1.165) is 22.5 Å². The van der Waals surface area contributed by atoms with E-state index in [2.05, 4.69) is 15.9 Å². The molecule has 1 aliphatic rings. The lowest BCUT2D eigenvalue weighted by Crippen LogP contribution is -2.32. The minimum atomic E-state index is -0.381. The van der Waals surface area contributed by atoms with Crippen molar-refractivity contribution in [2.24, 2.45) is 0 Å². The maximum atomic E-state index is 13.5. The fourth-order valence-electron chi connectivity index (χ4n) is 4.16. The van der Waals surface area contributed by atoms with Crippen LogP contribution in [0.4, 0.5) is 9.18 Å². The van der Waals surface area contributed by atoms with Gasteiger partial charge in [0.15, 0.2) is 11.5 Å². The Kier molecular flexibility index (Phi) is 8.18. The topological polar surface area (TPSA) is 65.1 Å². The Morgan fingerprint density at radius 2 is 1.74 bits per heavy atom. The second-order valence-electron chi connectivity index (χ2n) is 8.61. The summed E-state index contributed by atoms with van der Waals surface area (Å²) in [6, 6.07) is 23.3. The first kappa shape index (κ1) is 26.8. The molecule has 0 bridgehead atoms. The highest BCUT2D eigenvalue weighted by Crippen LogP contribution is 2.39. The van der Waals surface area contributed by atoms with Crippen LogP contribution in [0.15, 0.2) is 88.2 Å².